The molecule has 2 aliphatic heterocycles. The Kier molecular flexibility index (Phi) is 12.3. The van der Waals surface area contributed by atoms with Crippen LogP contribution in [0.15, 0.2) is 60.0 Å². The van der Waals surface area contributed by atoms with Crippen molar-refractivity contribution in [3.63, 3.8) is 0 Å². The largest absolute Gasteiger partial charge is 0.444 e. The van der Waals surface area contributed by atoms with E-state index in [1.165, 1.54) is 6.20 Å². The minimum Gasteiger partial charge on any atom is -0.444 e. The summed E-state index contributed by atoms with van der Waals surface area (Å²) in [6.07, 6.45) is 4.45. The van der Waals surface area contributed by atoms with Gasteiger partial charge < -0.3 is 29.0 Å². The van der Waals surface area contributed by atoms with Crippen molar-refractivity contribution < 1.29 is 27.4 Å². The van der Waals surface area contributed by atoms with Gasteiger partial charge in [-0.2, -0.15) is 8.42 Å². The highest BCUT2D eigenvalue weighted by atomic mass is 32.2. The van der Waals surface area contributed by atoms with Gasteiger partial charge in [-0.05, 0) is 87.7 Å². The molecule has 0 aliphatic carbocycles. The van der Waals surface area contributed by atoms with Crippen LogP contribution in [0.4, 0.5) is 16.3 Å². The number of amides is 1. The van der Waals surface area contributed by atoms with Crippen LogP contribution in [0.5, 0.6) is 0 Å². The van der Waals surface area contributed by atoms with Crippen molar-refractivity contribution in [1.82, 2.24) is 29.7 Å². The van der Waals surface area contributed by atoms with Crippen LogP contribution in [0.3, 0.4) is 0 Å². The maximum absolute atomic E-state index is 13.6. The summed E-state index contributed by atoms with van der Waals surface area (Å²) in [5.41, 5.74) is 3.24. The van der Waals surface area contributed by atoms with Gasteiger partial charge in [0.15, 0.2) is 5.03 Å². The van der Waals surface area contributed by atoms with Crippen molar-refractivity contribution >= 4 is 46.7 Å². The summed E-state index contributed by atoms with van der Waals surface area (Å²) in [6, 6.07) is 13.8. The molecule has 1 atom stereocenters. The number of likely N-dealkylation sites (tertiary alicyclic amines) is 1. The predicted molar refractivity (Wildman–Crippen MR) is 213 cm³/mol. The van der Waals surface area contributed by atoms with Crippen LogP contribution in [0.2, 0.25) is 25.7 Å². The van der Waals surface area contributed by atoms with Crippen LogP contribution in [-0.4, -0.2) is 105 Å². The molecular formula is C38H54N8O6SSi. The number of nitrogens with one attached hydrogen (secondary N) is 2. The molecule has 16 heteroatoms. The van der Waals surface area contributed by atoms with Crippen molar-refractivity contribution in [2.45, 2.75) is 89.2 Å². The molecule has 14 nitrogen and oxygen atoms in total. The third-order valence-corrected chi connectivity index (χ3v) is 12.3. The Hall–Kier alpha value is -4.09. The Morgan fingerprint density at radius 2 is 1.78 bits per heavy atom. The highest BCUT2D eigenvalue weighted by molar-refractivity contribution is 7.92. The van der Waals surface area contributed by atoms with E-state index in [1.807, 2.05) is 39.0 Å². The molecule has 0 radical (unpaired) electrons. The Morgan fingerprint density at radius 3 is 2.50 bits per heavy atom. The molecule has 2 aliphatic rings. The quantitative estimate of drug-likeness (QED) is 0.123. The van der Waals surface area contributed by atoms with Crippen LogP contribution in [0, 0.1) is 0 Å². The van der Waals surface area contributed by atoms with Crippen LogP contribution in [-0.2, 0) is 37.5 Å². The molecule has 0 spiro atoms. The summed E-state index contributed by atoms with van der Waals surface area (Å²) in [5, 5.41) is 3.84. The molecule has 0 unspecified atom stereocenters. The van der Waals surface area contributed by atoms with E-state index in [-0.39, 0.29) is 11.1 Å². The number of rotatable bonds is 13. The maximum atomic E-state index is 13.6. The monoisotopic (exact) mass is 778 g/mol. The number of hydrogen-bond donors (Lipinski definition) is 2. The van der Waals surface area contributed by atoms with E-state index in [0.717, 1.165) is 72.2 Å². The van der Waals surface area contributed by atoms with Gasteiger partial charge in [-0.25, -0.2) is 19.7 Å². The minimum atomic E-state index is -3.98. The first-order chi connectivity index (χ1) is 25.6. The average Bonchev–Trinajstić information content (AvgIpc) is 3.48. The Morgan fingerprint density at radius 1 is 1.02 bits per heavy atom. The fourth-order valence-corrected chi connectivity index (χ4v) is 8.46. The lowest BCUT2D eigenvalue weighted by Crippen LogP contribution is -2.48. The number of pyridine rings is 1. The molecule has 2 saturated heterocycles. The van der Waals surface area contributed by atoms with Gasteiger partial charge >= 0.3 is 6.09 Å². The summed E-state index contributed by atoms with van der Waals surface area (Å²) in [7, 11) is -5.26. The highest BCUT2D eigenvalue weighted by Gasteiger charge is 2.26. The van der Waals surface area contributed by atoms with Gasteiger partial charge in [-0.15, -0.1) is 0 Å². The van der Waals surface area contributed by atoms with E-state index in [9.17, 15) is 13.2 Å². The molecular weight excluding hydrogens is 725 g/mol. The van der Waals surface area contributed by atoms with E-state index >= 15 is 0 Å². The Labute approximate surface area is 319 Å². The number of ether oxygens (including phenoxy) is 3. The second kappa shape index (κ2) is 16.7. The molecule has 2 N–H and O–H groups in total. The van der Waals surface area contributed by atoms with Gasteiger partial charge in [0.1, 0.15) is 30.1 Å². The summed E-state index contributed by atoms with van der Waals surface area (Å²) in [6.45, 7) is 18.3. The third-order valence-electron chi connectivity index (χ3n) is 9.34. The number of aromatic nitrogens is 4. The molecule has 5 heterocycles. The van der Waals surface area contributed by atoms with Gasteiger partial charge in [0, 0.05) is 58.8 Å². The number of fused-ring (bicyclic) bond motifs is 1. The van der Waals surface area contributed by atoms with E-state index in [4.69, 9.17) is 14.2 Å². The average molecular weight is 779 g/mol. The van der Waals surface area contributed by atoms with Crippen molar-refractivity contribution in [3.05, 3.63) is 60.6 Å². The summed E-state index contributed by atoms with van der Waals surface area (Å²) < 4.78 is 49.1. The first-order valence-electron chi connectivity index (χ1n) is 18.7. The van der Waals surface area contributed by atoms with Crippen LogP contribution < -0.4 is 14.9 Å². The zero-order valence-electron chi connectivity index (χ0n) is 32.3. The maximum Gasteiger partial charge on any atom is 0.407 e. The van der Waals surface area contributed by atoms with Crippen molar-refractivity contribution in [2.24, 2.45) is 0 Å². The molecule has 3 aromatic heterocycles. The number of sulfonamides is 1. The fourth-order valence-electron chi connectivity index (χ4n) is 6.64. The topological polar surface area (TPSA) is 153 Å². The smallest absolute Gasteiger partial charge is 0.407 e. The number of carbonyl (C=O) groups excluding carboxylic acids is 1. The predicted octanol–water partition coefficient (Wildman–Crippen LogP) is 5.93. The lowest BCUT2D eigenvalue weighted by atomic mass is 10.1. The minimum absolute atomic E-state index is 0.0493. The molecule has 2 fully saturated rings. The number of benzene rings is 1. The third kappa shape index (κ3) is 10.6. The van der Waals surface area contributed by atoms with Crippen molar-refractivity contribution in [3.8, 4) is 11.3 Å². The van der Waals surface area contributed by atoms with E-state index < -0.39 is 29.8 Å². The Balaban J connectivity index is 1.16. The molecule has 54 heavy (non-hydrogen) atoms. The molecule has 1 amide bonds. The van der Waals surface area contributed by atoms with Gasteiger partial charge in [-0.3, -0.25) is 9.62 Å². The number of carbonyl (C=O) groups is 1. The molecule has 4 aromatic rings. The van der Waals surface area contributed by atoms with E-state index in [0.29, 0.717) is 45.3 Å². The van der Waals surface area contributed by atoms with Crippen molar-refractivity contribution in [1.29, 1.82) is 0 Å². The second-order valence-corrected chi connectivity index (χ2v) is 23.5. The summed E-state index contributed by atoms with van der Waals surface area (Å²) in [4.78, 5) is 30.3. The summed E-state index contributed by atoms with van der Waals surface area (Å²) >= 11 is 0. The van der Waals surface area contributed by atoms with Crippen molar-refractivity contribution in [2.75, 3.05) is 55.6 Å². The number of hydrogen-bond acceptors (Lipinski definition) is 11. The number of morpholine rings is 1. The lowest BCUT2D eigenvalue weighted by Gasteiger charge is -2.33. The number of alkyl carbamates (subject to hydrolysis) is 1. The molecule has 292 valence electrons. The molecule has 1 aromatic carbocycles. The number of anilines is 2. The molecule has 0 bridgehead atoms. The zero-order valence-corrected chi connectivity index (χ0v) is 34.1. The van der Waals surface area contributed by atoms with Gasteiger partial charge in [-0.1, -0.05) is 31.8 Å². The van der Waals surface area contributed by atoms with Gasteiger partial charge in [0.2, 0.25) is 0 Å². The summed E-state index contributed by atoms with van der Waals surface area (Å²) in [5.74, 6) is 0.863. The van der Waals surface area contributed by atoms with E-state index in [1.54, 1.807) is 24.5 Å². The number of nitrogens with zero attached hydrogens (tertiary/aromatic N) is 6. The van der Waals surface area contributed by atoms with Crippen LogP contribution >= 0.6 is 0 Å². The van der Waals surface area contributed by atoms with Gasteiger partial charge in [0.25, 0.3) is 10.0 Å². The Bertz CT molecular complexity index is 2010. The second-order valence-electron chi connectivity index (χ2n) is 16.2. The normalized spacial score (nSPS) is 17.4. The van der Waals surface area contributed by atoms with Crippen LogP contribution in [0.25, 0.3) is 22.3 Å². The SMILES string of the molecule is CC(C)(C)OC(=O)N[C@@H]1CCCN(Cc2ccnc(S(=O)(=O)Nc3ccc(-c4cc5c(N6CCOCC6)ncnc5n4COCC[Si](C)(C)C)cc3)c2)C1. The standard InChI is InChI=1S/C38H54N8O6SSi/c1-38(2,3)52-37(47)42-31-8-7-15-44(25-31)24-28-13-14-39-34(22-28)53(48,49)43-30-11-9-29(10-12-30)33-23-32-35(45-16-18-50-19-17-45)40-26-41-36(32)46(33)27-51-20-21-54(4,5)6/h9-14,22-23,26,31,43H,7-8,15-21,24-25,27H2,1-6H3,(H,42,47)/t31-/m1/s1. The highest BCUT2D eigenvalue weighted by Crippen LogP contribution is 2.33. The fraction of sp³-hybridized carbons (Fsp3) is 0.526. The van der Waals surface area contributed by atoms with Gasteiger partial charge in [0.05, 0.1) is 24.3 Å². The lowest BCUT2D eigenvalue weighted by molar-refractivity contribution is 0.0470. The van der Waals surface area contributed by atoms with E-state index in [2.05, 4.69) is 65.1 Å². The first kappa shape index (κ1) is 39.6. The van der Waals surface area contributed by atoms with Crippen LogP contribution in [0.1, 0.15) is 39.2 Å². The first-order valence-corrected chi connectivity index (χ1v) is 23.9. The zero-order chi connectivity index (χ0) is 38.5. The molecule has 6 rings (SSSR count). The number of piperidine rings is 1. The molecule has 0 saturated carbocycles.